The van der Waals surface area contributed by atoms with Crippen LogP contribution >= 0.6 is 11.6 Å². The number of hydrogen-bond donors (Lipinski definition) is 1. The number of nitrogens with zero attached hydrogens (tertiary/aromatic N) is 2. The number of halogens is 1. The maximum Gasteiger partial charge on any atom is 0.338 e. The zero-order chi connectivity index (χ0) is 26.3. The molecule has 0 aliphatic carbocycles. The van der Waals surface area contributed by atoms with E-state index in [1.54, 1.807) is 31.2 Å². The topological polar surface area (TPSA) is 97.7 Å². The number of imide groups is 2. The molecule has 0 radical (unpaired) electrons. The van der Waals surface area contributed by atoms with Crippen molar-refractivity contribution in [1.29, 1.82) is 0 Å². The summed E-state index contributed by atoms with van der Waals surface area (Å²) in [6.07, 6.45) is 1.46. The molecule has 1 saturated heterocycles. The van der Waals surface area contributed by atoms with Crippen molar-refractivity contribution in [2.24, 2.45) is 0 Å². The average molecular weight is 506 g/mol. The highest BCUT2D eigenvalue weighted by Crippen LogP contribution is 2.29. The van der Waals surface area contributed by atoms with Crippen LogP contribution in [0.5, 0.6) is 0 Å². The van der Waals surface area contributed by atoms with E-state index < -0.39 is 23.8 Å². The van der Waals surface area contributed by atoms with Crippen LogP contribution in [0.1, 0.15) is 38.4 Å². The van der Waals surface area contributed by atoms with Gasteiger partial charge in [-0.05, 0) is 80.8 Å². The Bertz CT molecular complexity index is 1480. The lowest BCUT2D eigenvalue weighted by Gasteiger charge is -2.26. The van der Waals surface area contributed by atoms with E-state index >= 15 is 0 Å². The molecule has 0 saturated carbocycles. The number of aromatic nitrogens is 1. The third kappa shape index (κ3) is 4.20. The predicted molar refractivity (Wildman–Crippen MR) is 137 cm³/mol. The average Bonchev–Trinajstić information content (AvgIpc) is 3.11. The largest absolute Gasteiger partial charge is 0.465 e. The van der Waals surface area contributed by atoms with E-state index in [9.17, 15) is 19.2 Å². The van der Waals surface area contributed by atoms with Gasteiger partial charge < -0.3 is 9.30 Å². The van der Waals surface area contributed by atoms with Crippen LogP contribution in [0.4, 0.5) is 10.5 Å². The summed E-state index contributed by atoms with van der Waals surface area (Å²) in [5, 5.41) is 2.62. The molecule has 1 aliphatic heterocycles. The first-order valence-electron chi connectivity index (χ1n) is 11.1. The number of barbiturate groups is 1. The van der Waals surface area contributed by atoms with Crippen molar-refractivity contribution in [1.82, 2.24) is 9.88 Å². The molecule has 184 valence electrons. The standard InChI is InChI=1S/C27H24ClN3O5/c1-14-9-10-19(13-22(14)28)31-25(33)21(24(32)29-27(31)35)12-18-11-15(2)30(17(18)4)23-8-6-7-20(16(23)3)26(34)36-5/h6-13H,1-5H3,(H,29,32,35)/b21-12-. The molecular weight excluding hydrogens is 482 g/mol. The third-order valence-corrected chi connectivity index (χ3v) is 6.64. The quantitative estimate of drug-likeness (QED) is 0.311. The van der Waals surface area contributed by atoms with E-state index in [-0.39, 0.29) is 11.3 Å². The predicted octanol–water partition coefficient (Wildman–Crippen LogP) is 4.82. The number of carbonyl (C=O) groups is 4. The smallest absolute Gasteiger partial charge is 0.338 e. The zero-order valence-corrected chi connectivity index (χ0v) is 21.2. The number of aryl methyl sites for hydroxylation is 2. The molecule has 1 N–H and O–H groups in total. The molecule has 1 aliphatic rings. The van der Waals surface area contributed by atoms with Gasteiger partial charge in [-0.15, -0.1) is 0 Å². The second kappa shape index (κ2) is 9.47. The van der Waals surface area contributed by atoms with Crippen molar-refractivity contribution in [3.05, 3.63) is 86.7 Å². The zero-order valence-electron chi connectivity index (χ0n) is 20.4. The number of anilines is 1. The van der Waals surface area contributed by atoms with Gasteiger partial charge in [-0.25, -0.2) is 14.5 Å². The molecule has 0 bridgehead atoms. The Morgan fingerprint density at radius 1 is 1.03 bits per heavy atom. The molecule has 3 aromatic rings. The number of urea groups is 1. The summed E-state index contributed by atoms with van der Waals surface area (Å²) in [6, 6.07) is 11.1. The lowest BCUT2D eigenvalue weighted by Crippen LogP contribution is -2.54. The van der Waals surface area contributed by atoms with Crippen molar-refractivity contribution in [3.8, 4) is 5.69 Å². The van der Waals surface area contributed by atoms with Gasteiger partial charge in [-0.3, -0.25) is 14.9 Å². The summed E-state index contributed by atoms with van der Waals surface area (Å²) in [5.74, 6) is -1.98. The lowest BCUT2D eigenvalue weighted by atomic mass is 10.1. The second-order valence-electron chi connectivity index (χ2n) is 8.49. The molecule has 0 spiro atoms. The van der Waals surface area contributed by atoms with E-state index in [4.69, 9.17) is 16.3 Å². The van der Waals surface area contributed by atoms with Gasteiger partial charge in [0.15, 0.2) is 0 Å². The van der Waals surface area contributed by atoms with E-state index in [0.29, 0.717) is 16.1 Å². The van der Waals surface area contributed by atoms with Gasteiger partial charge in [0.05, 0.1) is 18.4 Å². The molecule has 2 aromatic carbocycles. The number of hydrogen-bond acceptors (Lipinski definition) is 5. The Labute approximate surface area is 213 Å². The molecule has 0 atom stereocenters. The van der Waals surface area contributed by atoms with Gasteiger partial charge in [0.1, 0.15) is 5.57 Å². The summed E-state index contributed by atoms with van der Waals surface area (Å²) >= 11 is 6.19. The van der Waals surface area contributed by atoms with Crippen LogP contribution in [0.3, 0.4) is 0 Å². The molecule has 36 heavy (non-hydrogen) atoms. The minimum absolute atomic E-state index is 0.188. The molecule has 8 nitrogen and oxygen atoms in total. The number of carbonyl (C=O) groups excluding carboxylic acids is 4. The van der Waals surface area contributed by atoms with Crippen LogP contribution in [0, 0.1) is 27.7 Å². The molecule has 0 unspecified atom stereocenters. The van der Waals surface area contributed by atoms with Crippen LogP contribution in [0.2, 0.25) is 5.02 Å². The molecule has 4 amide bonds. The molecule has 1 fully saturated rings. The third-order valence-electron chi connectivity index (χ3n) is 6.24. The van der Waals surface area contributed by atoms with Gasteiger partial charge in [-0.1, -0.05) is 23.7 Å². The molecule has 4 rings (SSSR count). The summed E-state index contributed by atoms with van der Waals surface area (Å²) < 4.78 is 6.82. The fourth-order valence-electron chi connectivity index (χ4n) is 4.27. The Kier molecular flexibility index (Phi) is 6.56. The molecular formula is C27H24ClN3O5. The van der Waals surface area contributed by atoms with Crippen molar-refractivity contribution in [3.63, 3.8) is 0 Å². The summed E-state index contributed by atoms with van der Waals surface area (Å²) in [4.78, 5) is 51.6. The number of nitrogens with one attached hydrogen (secondary N) is 1. The minimum atomic E-state index is -0.845. The van der Waals surface area contributed by atoms with Crippen molar-refractivity contribution in [2.75, 3.05) is 12.0 Å². The van der Waals surface area contributed by atoms with E-state index in [1.807, 2.05) is 37.5 Å². The summed E-state index contributed by atoms with van der Waals surface area (Å²) in [6.45, 7) is 7.36. The Hall–Kier alpha value is -4.17. The van der Waals surface area contributed by atoms with Crippen LogP contribution in [-0.4, -0.2) is 35.5 Å². The van der Waals surface area contributed by atoms with Crippen LogP contribution < -0.4 is 10.2 Å². The number of amides is 4. The van der Waals surface area contributed by atoms with Crippen LogP contribution in [0.15, 0.2) is 48.0 Å². The lowest BCUT2D eigenvalue weighted by molar-refractivity contribution is -0.122. The fourth-order valence-corrected chi connectivity index (χ4v) is 4.44. The summed E-state index contributed by atoms with van der Waals surface area (Å²) in [7, 11) is 1.33. The fraction of sp³-hybridized carbons (Fsp3) is 0.185. The first-order chi connectivity index (χ1) is 17.0. The normalized spacial score (nSPS) is 14.9. The SMILES string of the molecule is COC(=O)c1cccc(-n2c(C)cc(/C=C3/C(=O)NC(=O)N(c4ccc(C)c(Cl)c4)C3=O)c2C)c1C. The van der Waals surface area contributed by atoms with Crippen molar-refractivity contribution in [2.45, 2.75) is 27.7 Å². The molecule has 1 aromatic heterocycles. The Morgan fingerprint density at radius 2 is 1.75 bits per heavy atom. The van der Waals surface area contributed by atoms with E-state index in [2.05, 4.69) is 5.32 Å². The first-order valence-corrected chi connectivity index (χ1v) is 11.5. The maximum atomic E-state index is 13.3. The second-order valence-corrected chi connectivity index (χ2v) is 8.90. The Morgan fingerprint density at radius 3 is 2.42 bits per heavy atom. The molecule has 2 heterocycles. The van der Waals surface area contributed by atoms with Crippen LogP contribution in [-0.2, 0) is 14.3 Å². The number of rotatable bonds is 4. The minimum Gasteiger partial charge on any atom is -0.465 e. The van der Waals surface area contributed by atoms with E-state index in [0.717, 1.165) is 33.1 Å². The van der Waals surface area contributed by atoms with Gasteiger partial charge in [-0.2, -0.15) is 0 Å². The highest BCUT2D eigenvalue weighted by atomic mass is 35.5. The summed E-state index contributed by atoms with van der Waals surface area (Å²) in [5.41, 5.74) is 4.97. The van der Waals surface area contributed by atoms with Gasteiger partial charge in [0.2, 0.25) is 0 Å². The first kappa shape index (κ1) is 24.9. The maximum absolute atomic E-state index is 13.3. The monoisotopic (exact) mass is 505 g/mol. The highest BCUT2D eigenvalue weighted by Gasteiger charge is 2.37. The highest BCUT2D eigenvalue weighted by molar-refractivity contribution is 6.39. The number of benzene rings is 2. The van der Waals surface area contributed by atoms with Gasteiger partial charge in [0, 0.05) is 22.1 Å². The van der Waals surface area contributed by atoms with Gasteiger partial charge >= 0.3 is 12.0 Å². The number of ether oxygens (including phenoxy) is 1. The Balaban J connectivity index is 1.79. The van der Waals surface area contributed by atoms with E-state index in [1.165, 1.54) is 19.3 Å². The van der Waals surface area contributed by atoms with Crippen molar-refractivity contribution < 1.29 is 23.9 Å². The number of esters is 1. The molecule has 9 heteroatoms. The van der Waals surface area contributed by atoms with Crippen molar-refractivity contribution >= 4 is 47.2 Å². The van der Waals surface area contributed by atoms with Gasteiger partial charge in [0.25, 0.3) is 11.8 Å². The van der Waals surface area contributed by atoms with Crippen LogP contribution in [0.25, 0.3) is 11.8 Å². The number of methoxy groups -OCH3 is 1.